The van der Waals surface area contributed by atoms with Gasteiger partial charge in [0.1, 0.15) is 5.60 Å². The van der Waals surface area contributed by atoms with Gasteiger partial charge in [0.15, 0.2) is 5.78 Å². The van der Waals surface area contributed by atoms with Gasteiger partial charge in [0.2, 0.25) is 0 Å². The van der Waals surface area contributed by atoms with Crippen molar-refractivity contribution in [1.82, 2.24) is 4.90 Å². The van der Waals surface area contributed by atoms with E-state index in [-0.39, 0.29) is 11.9 Å². The Hall–Kier alpha value is -1.84. The van der Waals surface area contributed by atoms with Crippen LogP contribution >= 0.6 is 0 Å². The van der Waals surface area contributed by atoms with Crippen LogP contribution in [0.5, 0.6) is 0 Å². The highest BCUT2D eigenvalue weighted by Crippen LogP contribution is 2.25. The molecule has 2 rings (SSSR count). The molecule has 0 aliphatic carbocycles. The molecule has 4 nitrogen and oxygen atoms in total. The summed E-state index contributed by atoms with van der Waals surface area (Å²) in [6.45, 7) is 8.14. The molecule has 0 fully saturated rings. The van der Waals surface area contributed by atoms with Crippen molar-refractivity contribution in [1.29, 1.82) is 0 Å². The van der Waals surface area contributed by atoms with Crippen molar-refractivity contribution in [2.75, 3.05) is 0 Å². The molecule has 0 radical (unpaired) electrons. The van der Waals surface area contributed by atoms with Gasteiger partial charge in [-0.2, -0.15) is 0 Å². The molecule has 0 spiro atoms. The predicted molar refractivity (Wildman–Crippen MR) is 71.9 cm³/mol. The fourth-order valence-corrected chi connectivity index (χ4v) is 2.07. The van der Waals surface area contributed by atoms with Gasteiger partial charge in [0.25, 0.3) is 0 Å². The third-order valence-electron chi connectivity index (χ3n) is 2.99. The van der Waals surface area contributed by atoms with Crippen LogP contribution in [0.4, 0.5) is 4.79 Å². The highest BCUT2D eigenvalue weighted by molar-refractivity contribution is 5.94. The summed E-state index contributed by atoms with van der Waals surface area (Å²) in [6, 6.07) is 5.58. The molecule has 1 aliphatic rings. The van der Waals surface area contributed by atoms with Crippen molar-refractivity contribution in [3.05, 3.63) is 34.9 Å². The lowest BCUT2D eigenvalue weighted by Crippen LogP contribution is -2.33. The fourth-order valence-electron chi connectivity index (χ4n) is 2.07. The van der Waals surface area contributed by atoms with Gasteiger partial charge < -0.3 is 4.74 Å². The molecule has 1 aromatic carbocycles. The second-order valence-electron chi connectivity index (χ2n) is 5.88. The molecule has 1 aliphatic heterocycles. The maximum absolute atomic E-state index is 12.0. The first kappa shape index (κ1) is 13.6. The van der Waals surface area contributed by atoms with E-state index in [9.17, 15) is 9.59 Å². The topological polar surface area (TPSA) is 46.6 Å². The summed E-state index contributed by atoms with van der Waals surface area (Å²) in [5.41, 5.74) is 2.30. The van der Waals surface area contributed by atoms with E-state index < -0.39 is 5.60 Å². The van der Waals surface area contributed by atoms with Crippen LogP contribution in [0.2, 0.25) is 0 Å². The summed E-state index contributed by atoms with van der Waals surface area (Å²) in [5.74, 6) is 0.0403. The minimum absolute atomic E-state index is 0.0403. The monoisotopic (exact) mass is 261 g/mol. The molecule has 1 amide bonds. The quantitative estimate of drug-likeness (QED) is 0.730. The molecule has 0 atom stereocenters. The molecule has 1 heterocycles. The Morgan fingerprint density at radius 2 is 1.79 bits per heavy atom. The van der Waals surface area contributed by atoms with E-state index >= 15 is 0 Å². The lowest BCUT2D eigenvalue weighted by atomic mass is 10.0. The van der Waals surface area contributed by atoms with Gasteiger partial charge in [0, 0.05) is 18.7 Å². The number of carbonyl (C=O) groups excluding carboxylic acids is 2. The van der Waals surface area contributed by atoms with Gasteiger partial charge in [-0.1, -0.05) is 12.1 Å². The Morgan fingerprint density at radius 1 is 1.16 bits per heavy atom. The molecule has 0 saturated carbocycles. The van der Waals surface area contributed by atoms with E-state index in [4.69, 9.17) is 4.74 Å². The Bertz CT molecular complexity index is 529. The molecule has 0 N–H and O–H groups in total. The first-order valence-electron chi connectivity index (χ1n) is 6.37. The van der Waals surface area contributed by atoms with E-state index in [1.807, 2.05) is 32.9 Å². The van der Waals surface area contributed by atoms with Gasteiger partial charge in [-0.25, -0.2) is 4.79 Å². The minimum atomic E-state index is -0.490. The van der Waals surface area contributed by atoms with Crippen molar-refractivity contribution in [2.24, 2.45) is 0 Å². The van der Waals surface area contributed by atoms with Gasteiger partial charge in [-0.3, -0.25) is 9.69 Å². The fraction of sp³-hybridized carbons (Fsp3) is 0.467. The average Bonchev–Trinajstić information content (AvgIpc) is 2.68. The normalized spacial score (nSPS) is 14.2. The second-order valence-corrected chi connectivity index (χ2v) is 5.88. The number of amides is 1. The summed E-state index contributed by atoms with van der Waals surface area (Å²) in [5, 5.41) is 0. The molecular weight excluding hydrogens is 242 g/mol. The zero-order chi connectivity index (χ0) is 14.2. The maximum atomic E-state index is 12.0. The first-order valence-corrected chi connectivity index (χ1v) is 6.37. The Kier molecular flexibility index (Phi) is 3.35. The summed E-state index contributed by atoms with van der Waals surface area (Å²) < 4.78 is 5.35. The number of nitrogens with zero attached hydrogens (tertiary/aromatic N) is 1. The van der Waals surface area contributed by atoms with Crippen molar-refractivity contribution in [3.8, 4) is 0 Å². The summed E-state index contributed by atoms with van der Waals surface area (Å²) in [7, 11) is 0. The lowest BCUT2D eigenvalue weighted by molar-refractivity contribution is 0.0242. The average molecular weight is 261 g/mol. The zero-order valence-corrected chi connectivity index (χ0v) is 11.8. The second kappa shape index (κ2) is 4.68. The molecule has 0 unspecified atom stereocenters. The molecule has 102 valence electrons. The minimum Gasteiger partial charge on any atom is -0.444 e. The SMILES string of the molecule is CC(=O)c1ccc2c(c1)CN(C(=O)OC(C)(C)C)C2. The number of fused-ring (bicyclic) bond motifs is 1. The van der Waals surface area contributed by atoms with Crippen molar-refractivity contribution in [3.63, 3.8) is 0 Å². The van der Waals surface area contributed by atoms with Crippen LogP contribution < -0.4 is 0 Å². The number of carbonyl (C=O) groups is 2. The molecule has 0 aromatic heterocycles. The van der Waals surface area contributed by atoms with Crippen LogP contribution in [0.25, 0.3) is 0 Å². The molecule has 19 heavy (non-hydrogen) atoms. The van der Waals surface area contributed by atoms with Gasteiger partial charge >= 0.3 is 6.09 Å². The van der Waals surface area contributed by atoms with Crippen LogP contribution in [-0.4, -0.2) is 22.4 Å². The number of ether oxygens (including phenoxy) is 1. The number of benzene rings is 1. The lowest BCUT2D eigenvalue weighted by Gasteiger charge is -2.24. The number of rotatable bonds is 1. The largest absolute Gasteiger partial charge is 0.444 e. The van der Waals surface area contributed by atoms with E-state index in [2.05, 4.69) is 0 Å². The van der Waals surface area contributed by atoms with E-state index in [0.717, 1.165) is 11.1 Å². The van der Waals surface area contributed by atoms with Crippen LogP contribution in [0.1, 0.15) is 49.2 Å². The maximum Gasteiger partial charge on any atom is 0.410 e. The van der Waals surface area contributed by atoms with Gasteiger partial charge in [-0.15, -0.1) is 0 Å². The highest BCUT2D eigenvalue weighted by atomic mass is 16.6. The van der Waals surface area contributed by atoms with Gasteiger partial charge in [0.05, 0.1) is 0 Å². The van der Waals surface area contributed by atoms with Crippen LogP contribution in [0.3, 0.4) is 0 Å². The number of Topliss-reactive ketones (excluding diaryl/α,β-unsaturated/α-hetero) is 1. The summed E-state index contributed by atoms with van der Waals surface area (Å²) >= 11 is 0. The van der Waals surface area contributed by atoms with E-state index in [1.54, 1.807) is 17.9 Å². The Labute approximate surface area is 113 Å². The molecule has 1 aromatic rings. The number of hydrogen-bond acceptors (Lipinski definition) is 3. The van der Waals surface area contributed by atoms with Crippen LogP contribution in [0, 0.1) is 0 Å². The molecule has 4 heteroatoms. The third-order valence-corrected chi connectivity index (χ3v) is 2.99. The molecule has 0 bridgehead atoms. The highest BCUT2D eigenvalue weighted by Gasteiger charge is 2.27. The summed E-state index contributed by atoms with van der Waals surface area (Å²) in [6.07, 6.45) is -0.312. The van der Waals surface area contributed by atoms with Gasteiger partial charge in [-0.05, 0) is 44.9 Å². The van der Waals surface area contributed by atoms with Crippen molar-refractivity contribution in [2.45, 2.75) is 46.4 Å². The van der Waals surface area contributed by atoms with Crippen LogP contribution in [0.15, 0.2) is 18.2 Å². The zero-order valence-electron chi connectivity index (χ0n) is 11.8. The molecule has 0 saturated heterocycles. The first-order chi connectivity index (χ1) is 8.76. The Balaban J connectivity index is 2.12. The predicted octanol–water partition coefficient (Wildman–Crippen LogP) is 3.14. The number of hydrogen-bond donors (Lipinski definition) is 0. The van der Waals surface area contributed by atoms with Crippen molar-refractivity contribution < 1.29 is 14.3 Å². The summed E-state index contributed by atoms with van der Waals surface area (Å²) in [4.78, 5) is 25.0. The van der Waals surface area contributed by atoms with Crippen LogP contribution in [-0.2, 0) is 17.8 Å². The number of ketones is 1. The smallest absolute Gasteiger partial charge is 0.410 e. The van der Waals surface area contributed by atoms with E-state index in [0.29, 0.717) is 18.7 Å². The standard InChI is InChI=1S/C15H19NO3/c1-10(17)11-5-6-12-8-16(9-13(12)7-11)14(18)19-15(2,3)4/h5-7H,8-9H2,1-4H3. The third kappa shape index (κ3) is 3.13. The molecular formula is C15H19NO3. The van der Waals surface area contributed by atoms with Crippen molar-refractivity contribution >= 4 is 11.9 Å². The van der Waals surface area contributed by atoms with E-state index in [1.165, 1.54) is 0 Å². The Morgan fingerprint density at radius 3 is 2.37 bits per heavy atom.